The van der Waals surface area contributed by atoms with E-state index in [1.54, 1.807) is 0 Å². The normalized spacial score (nSPS) is 14.4. The highest BCUT2D eigenvalue weighted by atomic mass is 35.5. The lowest BCUT2D eigenvalue weighted by molar-refractivity contribution is -0.459. The molecular weight excluding hydrogens is 312 g/mol. The van der Waals surface area contributed by atoms with Crippen LogP contribution < -0.4 is 34.2 Å². The van der Waals surface area contributed by atoms with E-state index < -0.39 is 0 Å². The Morgan fingerprint density at radius 2 is 1.52 bits per heavy atom. The van der Waals surface area contributed by atoms with Gasteiger partial charge in [-0.25, -0.2) is 0 Å². The topological polar surface area (TPSA) is 95.1 Å². The predicted molar refractivity (Wildman–Crippen MR) is 93.1 cm³/mol. The number of guanidine groups is 1. The van der Waals surface area contributed by atoms with Gasteiger partial charge in [0, 0.05) is 6.54 Å². The van der Waals surface area contributed by atoms with Gasteiger partial charge in [-0.15, -0.1) is 0 Å². The van der Waals surface area contributed by atoms with Gasteiger partial charge >= 0.3 is 5.96 Å². The summed E-state index contributed by atoms with van der Waals surface area (Å²) in [7, 11) is 0. The van der Waals surface area contributed by atoms with Crippen molar-refractivity contribution in [1.82, 2.24) is 5.32 Å². The number of carbonyl (C=O) groups is 1. The fraction of sp³-hybridized carbons (Fsp3) is 0.882. The van der Waals surface area contributed by atoms with Crippen LogP contribution >= 0.6 is 0 Å². The Labute approximate surface area is 148 Å². The fourth-order valence-electron chi connectivity index (χ4n) is 2.63. The standard InChI is InChI=1S/C17H36N4O.ClH/c1-15(2,3)12-17(7,16(4,5)6)13(22)20-10-8-9-11-21-14(18)19;/h8-12H2,1-7H3,(H,20,22)(H4,18,19,21);1H. The molecule has 0 saturated carbocycles. The monoisotopic (exact) mass is 348 g/mol. The Bertz CT molecular complexity index is 392. The van der Waals surface area contributed by atoms with Crippen LogP contribution in [0.3, 0.4) is 0 Å². The molecule has 0 saturated heterocycles. The van der Waals surface area contributed by atoms with Gasteiger partial charge in [-0.2, -0.15) is 0 Å². The molecule has 6 N–H and O–H groups in total. The molecule has 1 unspecified atom stereocenters. The Kier molecular flexibility index (Phi) is 9.88. The number of rotatable bonds is 7. The second-order valence-corrected chi connectivity index (χ2v) is 8.66. The fourth-order valence-corrected chi connectivity index (χ4v) is 2.63. The van der Waals surface area contributed by atoms with Crippen molar-refractivity contribution >= 4 is 11.9 Å². The summed E-state index contributed by atoms with van der Waals surface area (Å²) in [6.45, 7) is 16.5. The summed E-state index contributed by atoms with van der Waals surface area (Å²) in [4.78, 5) is 15.6. The first-order chi connectivity index (χ1) is 9.79. The number of hydrogen-bond donors (Lipinski definition) is 4. The van der Waals surface area contributed by atoms with Crippen molar-refractivity contribution in [1.29, 1.82) is 0 Å². The number of halogens is 1. The van der Waals surface area contributed by atoms with Gasteiger partial charge in [-0.3, -0.25) is 21.3 Å². The minimum atomic E-state index is -0.390. The Hall–Kier alpha value is -0.970. The molecule has 5 nitrogen and oxygen atoms in total. The van der Waals surface area contributed by atoms with Crippen molar-refractivity contribution < 1.29 is 22.2 Å². The molecule has 0 spiro atoms. The average Bonchev–Trinajstić information content (AvgIpc) is 2.29. The summed E-state index contributed by atoms with van der Waals surface area (Å²) in [5, 5.41) is 3.10. The summed E-state index contributed by atoms with van der Waals surface area (Å²) in [5.74, 6) is 0.391. The highest BCUT2D eigenvalue weighted by Gasteiger charge is 2.46. The van der Waals surface area contributed by atoms with E-state index >= 15 is 0 Å². The zero-order valence-electron chi connectivity index (χ0n) is 16.0. The van der Waals surface area contributed by atoms with Gasteiger partial charge < -0.3 is 17.7 Å². The van der Waals surface area contributed by atoms with Gasteiger partial charge in [-0.1, -0.05) is 48.5 Å². The molecule has 0 aromatic carbocycles. The maximum atomic E-state index is 12.8. The lowest BCUT2D eigenvalue weighted by Gasteiger charge is -2.44. The maximum absolute atomic E-state index is 12.8. The smallest absolute Gasteiger partial charge is 0.338 e. The van der Waals surface area contributed by atoms with E-state index in [0.717, 1.165) is 25.8 Å². The van der Waals surface area contributed by atoms with Crippen molar-refractivity contribution in [3.63, 3.8) is 0 Å². The van der Waals surface area contributed by atoms with E-state index in [2.05, 4.69) is 58.8 Å². The van der Waals surface area contributed by atoms with Gasteiger partial charge in [0.1, 0.15) is 0 Å². The number of hydrogen-bond acceptors (Lipinski definition) is 1. The van der Waals surface area contributed by atoms with Crippen molar-refractivity contribution in [2.75, 3.05) is 13.1 Å². The van der Waals surface area contributed by atoms with Crippen molar-refractivity contribution in [2.24, 2.45) is 27.7 Å². The molecular formula is C17H37ClN4O. The summed E-state index contributed by atoms with van der Waals surface area (Å²) < 4.78 is 0. The zero-order valence-corrected chi connectivity index (χ0v) is 16.7. The van der Waals surface area contributed by atoms with Crippen LogP contribution in [0.4, 0.5) is 0 Å². The van der Waals surface area contributed by atoms with Gasteiger partial charge in [0.25, 0.3) is 0 Å². The lowest BCUT2D eigenvalue weighted by Crippen LogP contribution is -3.00. The largest absolute Gasteiger partial charge is 1.00 e. The van der Waals surface area contributed by atoms with Crippen LogP contribution in [0.15, 0.2) is 0 Å². The highest BCUT2D eigenvalue weighted by Crippen LogP contribution is 2.46. The van der Waals surface area contributed by atoms with Crippen LogP contribution in [-0.4, -0.2) is 25.0 Å². The SMILES string of the molecule is CC(C)(C)CC(C)(C(=O)NCCCC[NH+]=C(N)N)C(C)(C)C.[Cl-]. The lowest BCUT2D eigenvalue weighted by atomic mass is 9.61. The summed E-state index contributed by atoms with van der Waals surface area (Å²) >= 11 is 0. The van der Waals surface area contributed by atoms with Crippen LogP contribution in [0, 0.1) is 16.2 Å². The first kappa shape index (κ1) is 24.3. The molecule has 0 radical (unpaired) electrons. The van der Waals surface area contributed by atoms with E-state index in [0.29, 0.717) is 6.54 Å². The minimum Gasteiger partial charge on any atom is -1.00 e. The third kappa shape index (κ3) is 9.04. The molecule has 0 aliphatic rings. The summed E-state index contributed by atoms with van der Waals surface area (Å²) in [6, 6.07) is 0. The van der Waals surface area contributed by atoms with E-state index in [1.807, 2.05) is 0 Å². The predicted octanol–water partition coefficient (Wildman–Crippen LogP) is -2.27. The van der Waals surface area contributed by atoms with E-state index in [1.165, 1.54) is 0 Å². The molecule has 0 rings (SSSR count). The van der Waals surface area contributed by atoms with Gasteiger partial charge in [0.05, 0.1) is 12.0 Å². The minimum absolute atomic E-state index is 0. The summed E-state index contributed by atoms with van der Waals surface area (Å²) in [5.41, 5.74) is 10.3. The van der Waals surface area contributed by atoms with Crippen molar-refractivity contribution in [3.8, 4) is 0 Å². The molecule has 6 heteroatoms. The van der Waals surface area contributed by atoms with Crippen LogP contribution in [0.1, 0.15) is 67.7 Å². The van der Waals surface area contributed by atoms with Gasteiger partial charge in [0.2, 0.25) is 5.91 Å². The third-order valence-corrected chi connectivity index (χ3v) is 4.26. The Balaban J connectivity index is 0. The molecule has 1 atom stereocenters. The highest BCUT2D eigenvalue weighted by molar-refractivity contribution is 5.83. The van der Waals surface area contributed by atoms with E-state index in [9.17, 15) is 4.79 Å². The number of amides is 1. The van der Waals surface area contributed by atoms with Crippen molar-refractivity contribution in [2.45, 2.75) is 67.7 Å². The van der Waals surface area contributed by atoms with Crippen molar-refractivity contribution in [3.05, 3.63) is 0 Å². The number of nitrogens with two attached hydrogens (primary N) is 2. The second kappa shape index (κ2) is 9.36. The van der Waals surface area contributed by atoms with E-state index in [-0.39, 0.29) is 40.5 Å². The molecule has 0 bridgehead atoms. The maximum Gasteiger partial charge on any atom is 0.338 e. The van der Waals surface area contributed by atoms with Crippen LogP contribution in [-0.2, 0) is 4.79 Å². The molecule has 0 aromatic heterocycles. The summed E-state index contributed by atoms with van der Waals surface area (Å²) in [6.07, 6.45) is 2.68. The molecule has 0 heterocycles. The quantitative estimate of drug-likeness (QED) is 0.237. The molecule has 0 aromatic rings. The number of carbonyl (C=O) groups excluding carboxylic acids is 1. The van der Waals surface area contributed by atoms with Crippen LogP contribution in [0.2, 0.25) is 0 Å². The molecule has 0 fully saturated rings. The van der Waals surface area contributed by atoms with Crippen LogP contribution in [0.25, 0.3) is 0 Å². The van der Waals surface area contributed by atoms with Gasteiger partial charge in [0.15, 0.2) is 0 Å². The number of unbranched alkanes of at least 4 members (excludes halogenated alkanes) is 1. The van der Waals surface area contributed by atoms with Crippen LogP contribution in [0.5, 0.6) is 0 Å². The van der Waals surface area contributed by atoms with E-state index in [4.69, 9.17) is 11.5 Å². The molecule has 0 aliphatic carbocycles. The second-order valence-electron chi connectivity index (χ2n) is 8.66. The number of nitrogens with one attached hydrogen (secondary N) is 2. The third-order valence-electron chi connectivity index (χ3n) is 4.26. The van der Waals surface area contributed by atoms with Gasteiger partial charge in [-0.05, 0) is 30.1 Å². The Morgan fingerprint density at radius 1 is 1.00 bits per heavy atom. The first-order valence-electron chi connectivity index (χ1n) is 8.20. The Morgan fingerprint density at radius 3 is 1.91 bits per heavy atom. The molecule has 0 aliphatic heterocycles. The molecule has 1 amide bonds. The molecule has 138 valence electrons. The molecule has 23 heavy (non-hydrogen) atoms. The first-order valence-corrected chi connectivity index (χ1v) is 8.20. The zero-order chi connectivity index (χ0) is 17.6. The average molecular weight is 349 g/mol.